The molecule has 1 atom stereocenters. The summed E-state index contributed by atoms with van der Waals surface area (Å²) in [6, 6.07) is 8.07. The fourth-order valence-corrected chi connectivity index (χ4v) is 2.80. The molecule has 124 valence electrons. The van der Waals surface area contributed by atoms with Crippen LogP contribution in [-0.4, -0.2) is 30.6 Å². The molecule has 2 rings (SSSR count). The number of benzene rings is 1. The van der Waals surface area contributed by atoms with Gasteiger partial charge in [0.25, 0.3) is 0 Å². The highest BCUT2D eigenvalue weighted by molar-refractivity contribution is 7.09. The maximum atomic E-state index is 5.91. The molecule has 0 saturated heterocycles. The maximum absolute atomic E-state index is 5.91. The van der Waals surface area contributed by atoms with Crippen LogP contribution in [0.15, 0.2) is 34.8 Å². The number of aromatic nitrogens is 1. The zero-order chi connectivity index (χ0) is 16.7. The Hall–Kier alpha value is -2.08. The Balaban J connectivity index is 1.77. The number of nitrogens with zero attached hydrogens (tertiary/aromatic N) is 2. The maximum Gasteiger partial charge on any atom is 0.191 e. The second-order valence-electron chi connectivity index (χ2n) is 5.41. The minimum atomic E-state index is 0.0421. The molecule has 1 aromatic heterocycles. The molecule has 6 heteroatoms. The number of aryl methyl sites for hydroxylation is 2. The molecule has 0 aliphatic carbocycles. The Kier molecular flexibility index (Phi) is 6.40. The van der Waals surface area contributed by atoms with E-state index in [0.29, 0.717) is 6.54 Å². The van der Waals surface area contributed by atoms with Crippen molar-refractivity contribution < 1.29 is 4.74 Å². The lowest BCUT2D eigenvalue weighted by Gasteiger charge is -2.18. The monoisotopic (exact) mass is 332 g/mol. The SMILES string of the molecule is CN=C(NCc1scnc1C)NCC(C)Oc1cccc(C)c1. The zero-order valence-corrected chi connectivity index (χ0v) is 14.9. The van der Waals surface area contributed by atoms with E-state index in [9.17, 15) is 0 Å². The van der Waals surface area contributed by atoms with Crippen molar-refractivity contribution in [2.24, 2.45) is 4.99 Å². The second kappa shape index (κ2) is 8.53. The number of nitrogens with one attached hydrogen (secondary N) is 2. The first kappa shape index (κ1) is 17.3. The van der Waals surface area contributed by atoms with E-state index >= 15 is 0 Å². The van der Waals surface area contributed by atoms with Crippen molar-refractivity contribution in [1.82, 2.24) is 15.6 Å². The van der Waals surface area contributed by atoms with Crippen LogP contribution in [0.5, 0.6) is 5.75 Å². The van der Waals surface area contributed by atoms with Crippen molar-refractivity contribution in [3.05, 3.63) is 45.9 Å². The largest absolute Gasteiger partial charge is 0.489 e. The molecule has 0 bridgehead atoms. The van der Waals surface area contributed by atoms with Gasteiger partial charge in [-0.1, -0.05) is 12.1 Å². The van der Waals surface area contributed by atoms with Crippen molar-refractivity contribution in [3.8, 4) is 5.75 Å². The Bertz CT molecular complexity index is 654. The van der Waals surface area contributed by atoms with Gasteiger partial charge >= 0.3 is 0 Å². The van der Waals surface area contributed by atoms with Crippen LogP contribution in [0, 0.1) is 13.8 Å². The molecule has 0 radical (unpaired) electrons. The van der Waals surface area contributed by atoms with Crippen LogP contribution < -0.4 is 15.4 Å². The Labute approximate surface area is 141 Å². The number of guanidine groups is 1. The second-order valence-corrected chi connectivity index (χ2v) is 6.35. The fourth-order valence-electron chi connectivity index (χ4n) is 2.08. The van der Waals surface area contributed by atoms with Crippen LogP contribution in [0.1, 0.15) is 23.1 Å². The van der Waals surface area contributed by atoms with Crippen molar-refractivity contribution in [2.45, 2.75) is 33.4 Å². The van der Waals surface area contributed by atoms with Crippen molar-refractivity contribution in [3.63, 3.8) is 0 Å². The molecule has 0 saturated carbocycles. The highest BCUT2D eigenvalue weighted by Crippen LogP contribution is 2.14. The van der Waals surface area contributed by atoms with Gasteiger partial charge in [-0.05, 0) is 38.5 Å². The summed E-state index contributed by atoms with van der Waals surface area (Å²) in [5, 5.41) is 6.58. The van der Waals surface area contributed by atoms with Gasteiger partial charge in [0, 0.05) is 11.9 Å². The quantitative estimate of drug-likeness (QED) is 0.631. The van der Waals surface area contributed by atoms with E-state index in [1.165, 1.54) is 10.4 Å². The summed E-state index contributed by atoms with van der Waals surface area (Å²) in [4.78, 5) is 9.70. The summed E-state index contributed by atoms with van der Waals surface area (Å²) >= 11 is 1.65. The number of hydrogen-bond donors (Lipinski definition) is 2. The van der Waals surface area contributed by atoms with E-state index in [2.05, 4.69) is 33.6 Å². The summed E-state index contributed by atoms with van der Waals surface area (Å²) in [7, 11) is 1.76. The van der Waals surface area contributed by atoms with E-state index < -0.39 is 0 Å². The van der Waals surface area contributed by atoms with E-state index in [1.807, 2.05) is 37.6 Å². The van der Waals surface area contributed by atoms with Crippen LogP contribution >= 0.6 is 11.3 Å². The first-order valence-electron chi connectivity index (χ1n) is 7.65. The molecule has 1 aromatic carbocycles. The molecule has 5 nitrogen and oxygen atoms in total. The van der Waals surface area contributed by atoms with Gasteiger partial charge in [0.15, 0.2) is 5.96 Å². The normalized spacial score (nSPS) is 12.8. The average Bonchev–Trinajstić information content (AvgIpc) is 2.93. The molecular weight excluding hydrogens is 308 g/mol. The smallest absolute Gasteiger partial charge is 0.191 e. The predicted octanol–water partition coefficient (Wildman–Crippen LogP) is 2.89. The highest BCUT2D eigenvalue weighted by atomic mass is 32.1. The molecule has 0 fully saturated rings. The summed E-state index contributed by atoms with van der Waals surface area (Å²) in [5.74, 6) is 1.65. The summed E-state index contributed by atoms with van der Waals surface area (Å²) < 4.78 is 5.91. The molecule has 0 aliphatic rings. The van der Waals surface area contributed by atoms with Crippen LogP contribution in [-0.2, 0) is 6.54 Å². The van der Waals surface area contributed by atoms with Crippen LogP contribution in [0.25, 0.3) is 0 Å². The number of aliphatic imine (C=N–C) groups is 1. The number of thiazole rings is 1. The molecule has 0 spiro atoms. The summed E-state index contributed by atoms with van der Waals surface area (Å²) in [5.41, 5.74) is 4.12. The van der Waals surface area contributed by atoms with Crippen LogP contribution in [0.3, 0.4) is 0 Å². The van der Waals surface area contributed by atoms with Gasteiger partial charge in [0.05, 0.1) is 24.3 Å². The number of rotatable bonds is 6. The Morgan fingerprint density at radius 1 is 1.35 bits per heavy atom. The van der Waals surface area contributed by atoms with E-state index in [-0.39, 0.29) is 6.10 Å². The molecular formula is C17H24N4OS. The van der Waals surface area contributed by atoms with Crippen molar-refractivity contribution >= 4 is 17.3 Å². The molecule has 2 N–H and O–H groups in total. The summed E-state index contributed by atoms with van der Waals surface area (Å²) in [6.45, 7) is 7.51. The molecule has 0 aliphatic heterocycles. The van der Waals surface area contributed by atoms with E-state index in [4.69, 9.17) is 4.74 Å². The lowest BCUT2D eigenvalue weighted by atomic mass is 10.2. The van der Waals surface area contributed by atoms with E-state index in [0.717, 1.165) is 23.9 Å². The van der Waals surface area contributed by atoms with Gasteiger partial charge in [0.2, 0.25) is 0 Å². The number of ether oxygens (including phenoxy) is 1. The lowest BCUT2D eigenvalue weighted by molar-refractivity contribution is 0.223. The van der Waals surface area contributed by atoms with E-state index in [1.54, 1.807) is 18.4 Å². The molecule has 23 heavy (non-hydrogen) atoms. The minimum absolute atomic E-state index is 0.0421. The fraction of sp³-hybridized carbons (Fsp3) is 0.412. The van der Waals surface area contributed by atoms with Gasteiger partial charge in [-0.2, -0.15) is 0 Å². The third-order valence-electron chi connectivity index (χ3n) is 3.37. The van der Waals surface area contributed by atoms with Gasteiger partial charge in [-0.25, -0.2) is 4.98 Å². The Morgan fingerprint density at radius 3 is 2.83 bits per heavy atom. The first-order chi connectivity index (χ1) is 11.1. The standard InChI is InChI=1S/C17H24N4OS/c1-12-6-5-7-15(8-12)22-13(2)9-19-17(18-4)20-10-16-14(3)21-11-23-16/h5-8,11,13H,9-10H2,1-4H3,(H2,18,19,20). The molecule has 1 heterocycles. The van der Waals surface area contributed by atoms with Crippen molar-refractivity contribution in [1.29, 1.82) is 0 Å². The lowest BCUT2D eigenvalue weighted by Crippen LogP contribution is -2.41. The minimum Gasteiger partial charge on any atom is -0.489 e. The first-order valence-corrected chi connectivity index (χ1v) is 8.53. The average molecular weight is 332 g/mol. The van der Waals surface area contributed by atoms with Gasteiger partial charge in [0.1, 0.15) is 11.9 Å². The topological polar surface area (TPSA) is 58.5 Å². The van der Waals surface area contributed by atoms with Gasteiger partial charge < -0.3 is 15.4 Å². The third-order valence-corrected chi connectivity index (χ3v) is 4.30. The summed E-state index contributed by atoms with van der Waals surface area (Å²) in [6.07, 6.45) is 0.0421. The predicted molar refractivity (Wildman–Crippen MR) is 96.3 cm³/mol. The molecule has 1 unspecified atom stereocenters. The molecule has 0 amide bonds. The van der Waals surface area contributed by atoms with Crippen LogP contribution in [0.4, 0.5) is 0 Å². The molecule has 2 aromatic rings. The van der Waals surface area contributed by atoms with Gasteiger partial charge in [-0.3, -0.25) is 4.99 Å². The number of hydrogen-bond acceptors (Lipinski definition) is 4. The van der Waals surface area contributed by atoms with Crippen molar-refractivity contribution in [2.75, 3.05) is 13.6 Å². The highest BCUT2D eigenvalue weighted by Gasteiger charge is 2.07. The third kappa shape index (κ3) is 5.56. The van der Waals surface area contributed by atoms with Crippen LogP contribution in [0.2, 0.25) is 0 Å². The van der Waals surface area contributed by atoms with Gasteiger partial charge in [-0.15, -0.1) is 11.3 Å². The Morgan fingerprint density at radius 2 is 2.17 bits per heavy atom. The zero-order valence-electron chi connectivity index (χ0n) is 14.1.